The van der Waals surface area contributed by atoms with E-state index in [4.69, 9.17) is 18.0 Å². The van der Waals surface area contributed by atoms with Gasteiger partial charge in [-0.05, 0) is 32.0 Å². The van der Waals surface area contributed by atoms with E-state index in [1.54, 1.807) is 13.8 Å². The lowest BCUT2D eigenvalue weighted by molar-refractivity contribution is 0.0927. The maximum absolute atomic E-state index is 11.8. The van der Waals surface area contributed by atoms with Gasteiger partial charge in [0.1, 0.15) is 5.75 Å². The van der Waals surface area contributed by atoms with Crippen LogP contribution in [-0.4, -0.2) is 16.6 Å². The summed E-state index contributed by atoms with van der Waals surface area (Å²) in [6.07, 6.45) is 5.25. The molecule has 0 aliphatic carbocycles. The number of benzene rings is 1. The fourth-order valence-electron chi connectivity index (χ4n) is 1.08. The minimum atomic E-state index is -0.772. The first-order valence-corrected chi connectivity index (χ1v) is 5.02. The van der Waals surface area contributed by atoms with Crippen LogP contribution >= 0.6 is 11.6 Å². The maximum atomic E-state index is 11.8. The number of terminal acetylenes is 1. The van der Waals surface area contributed by atoms with Gasteiger partial charge in [0, 0.05) is 5.02 Å². The number of hydrogen-bond donors (Lipinski definition) is 2. The Labute approximate surface area is 99.4 Å². The first-order valence-electron chi connectivity index (χ1n) is 4.64. The molecule has 0 bridgehead atoms. The van der Waals surface area contributed by atoms with Crippen LogP contribution in [0.4, 0.5) is 0 Å². The summed E-state index contributed by atoms with van der Waals surface area (Å²) in [7, 11) is 0. The van der Waals surface area contributed by atoms with E-state index >= 15 is 0 Å². The van der Waals surface area contributed by atoms with Gasteiger partial charge >= 0.3 is 0 Å². The van der Waals surface area contributed by atoms with E-state index in [1.807, 2.05) is 0 Å². The molecule has 0 radical (unpaired) electrons. The van der Waals surface area contributed by atoms with Gasteiger partial charge < -0.3 is 10.4 Å². The van der Waals surface area contributed by atoms with Crippen molar-refractivity contribution >= 4 is 17.5 Å². The highest BCUT2D eigenvalue weighted by molar-refractivity contribution is 6.31. The predicted octanol–water partition coefficient (Wildman–Crippen LogP) is 2.19. The number of halogens is 1. The average molecular weight is 238 g/mol. The molecule has 0 heterocycles. The van der Waals surface area contributed by atoms with Crippen molar-refractivity contribution in [2.45, 2.75) is 19.4 Å². The highest BCUT2D eigenvalue weighted by Crippen LogP contribution is 2.21. The second kappa shape index (κ2) is 4.46. The van der Waals surface area contributed by atoms with Crippen molar-refractivity contribution in [2.75, 3.05) is 0 Å². The second-order valence-electron chi connectivity index (χ2n) is 3.88. The lowest BCUT2D eigenvalue weighted by Crippen LogP contribution is -2.42. The number of hydrogen-bond acceptors (Lipinski definition) is 2. The number of nitrogens with one attached hydrogen (secondary N) is 1. The molecule has 16 heavy (non-hydrogen) atoms. The molecule has 2 N–H and O–H groups in total. The number of phenolic OH excluding ortho intramolecular Hbond substituents is 1. The van der Waals surface area contributed by atoms with Crippen molar-refractivity contribution in [3.63, 3.8) is 0 Å². The molecule has 84 valence electrons. The lowest BCUT2D eigenvalue weighted by Gasteiger charge is -2.19. The predicted molar refractivity (Wildman–Crippen MR) is 63.5 cm³/mol. The third-order valence-electron chi connectivity index (χ3n) is 1.99. The van der Waals surface area contributed by atoms with Crippen LogP contribution < -0.4 is 5.32 Å². The van der Waals surface area contributed by atoms with E-state index in [0.717, 1.165) is 0 Å². The minimum absolute atomic E-state index is 0.107. The molecule has 0 aliphatic rings. The molecular weight excluding hydrogens is 226 g/mol. The summed E-state index contributed by atoms with van der Waals surface area (Å²) < 4.78 is 0. The van der Waals surface area contributed by atoms with Crippen LogP contribution in [-0.2, 0) is 0 Å². The molecule has 0 saturated heterocycles. The van der Waals surface area contributed by atoms with E-state index in [0.29, 0.717) is 5.02 Å². The minimum Gasteiger partial charge on any atom is -0.507 e. The molecule has 3 nitrogen and oxygen atoms in total. The zero-order valence-corrected chi connectivity index (χ0v) is 9.80. The highest BCUT2D eigenvalue weighted by Gasteiger charge is 2.20. The third kappa shape index (κ3) is 2.91. The van der Waals surface area contributed by atoms with Crippen molar-refractivity contribution in [1.29, 1.82) is 0 Å². The van der Waals surface area contributed by atoms with Gasteiger partial charge in [0.2, 0.25) is 0 Å². The van der Waals surface area contributed by atoms with Crippen molar-refractivity contribution < 1.29 is 9.90 Å². The third-order valence-corrected chi connectivity index (χ3v) is 2.23. The van der Waals surface area contributed by atoms with Gasteiger partial charge in [-0.2, -0.15) is 0 Å². The van der Waals surface area contributed by atoms with Crippen molar-refractivity contribution in [3.8, 4) is 18.1 Å². The molecule has 1 aromatic rings. The van der Waals surface area contributed by atoms with Crippen LogP contribution in [0.25, 0.3) is 0 Å². The Balaban J connectivity index is 2.98. The van der Waals surface area contributed by atoms with Gasteiger partial charge in [-0.15, -0.1) is 6.42 Å². The van der Waals surface area contributed by atoms with Gasteiger partial charge in [0.05, 0.1) is 11.1 Å². The Hall–Kier alpha value is -1.66. The van der Waals surface area contributed by atoms with E-state index in [2.05, 4.69) is 11.2 Å². The Morgan fingerprint density at radius 1 is 1.56 bits per heavy atom. The van der Waals surface area contributed by atoms with E-state index < -0.39 is 11.4 Å². The summed E-state index contributed by atoms with van der Waals surface area (Å²) in [5, 5.41) is 12.5. The summed E-state index contributed by atoms with van der Waals surface area (Å²) in [4.78, 5) is 11.8. The van der Waals surface area contributed by atoms with Gasteiger partial charge in [-0.3, -0.25) is 4.79 Å². The summed E-state index contributed by atoms with van der Waals surface area (Å²) in [6, 6.07) is 4.25. The molecule has 0 saturated carbocycles. The number of amides is 1. The smallest absolute Gasteiger partial charge is 0.256 e. The van der Waals surface area contributed by atoms with Gasteiger partial charge in [0.15, 0.2) is 0 Å². The highest BCUT2D eigenvalue weighted by atomic mass is 35.5. The first kappa shape index (κ1) is 12.4. The van der Waals surface area contributed by atoms with Gasteiger partial charge in [-0.1, -0.05) is 17.5 Å². The van der Waals surface area contributed by atoms with Crippen LogP contribution in [0.1, 0.15) is 24.2 Å². The van der Waals surface area contributed by atoms with Crippen molar-refractivity contribution in [1.82, 2.24) is 5.32 Å². The fourth-order valence-corrected chi connectivity index (χ4v) is 1.25. The Morgan fingerprint density at radius 3 is 2.75 bits per heavy atom. The standard InChI is InChI=1S/C12H12ClNO2/c1-4-12(2,3)14-11(16)9-7-8(13)5-6-10(9)15/h1,5-7,15H,2-3H3,(H,14,16). The number of phenols is 1. The number of carbonyl (C=O) groups excluding carboxylic acids is 1. The normalized spacial score (nSPS) is 10.6. The lowest BCUT2D eigenvalue weighted by atomic mass is 10.1. The molecule has 4 heteroatoms. The number of rotatable bonds is 2. The number of aromatic hydroxyl groups is 1. The van der Waals surface area contributed by atoms with E-state index in [-0.39, 0.29) is 11.3 Å². The number of carbonyl (C=O) groups is 1. The Morgan fingerprint density at radius 2 is 2.19 bits per heavy atom. The van der Waals surface area contributed by atoms with Crippen LogP contribution in [0.3, 0.4) is 0 Å². The zero-order chi connectivity index (χ0) is 12.3. The topological polar surface area (TPSA) is 49.3 Å². The Kier molecular flexibility index (Phi) is 3.46. The Bertz CT molecular complexity index is 461. The zero-order valence-electron chi connectivity index (χ0n) is 9.04. The summed E-state index contributed by atoms with van der Waals surface area (Å²) >= 11 is 5.73. The van der Waals surface area contributed by atoms with Crippen LogP contribution in [0.15, 0.2) is 18.2 Å². The molecule has 0 fully saturated rings. The molecular formula is C12H12ClNO2. The van der Waals surface area contributed by atoms with Crippen LogP contribution in [0.5, 0.6) is 5.75 Å². The quantitative estimate of drug-likeness (QED) is 0.775. The molecule has 1 rings (SSSR count). The molecule has 0 spiro atoms. The second-order valence-corrected chi connectivity index (χ2v) is 4.32. The van der Waals surface area contributed by atoms with Gasteiger partial charge in [-0.25, -0.2) is 0 Å². The monoisotopic (exact) mass is 237 g/mol. The molecule has 0 aromatic heterocycles. The largest absolute Gasteiger partial charge is 0.507 e. The SMILES string of the molecule is C#CC(C)(C)NC(=O)c1cc(Cl)ccc1O. The van der Waals surface area contributed by atoms with Crippen molar-refractivity contribution in [2.24, 2.45) is 0 Å². The van der Waals surface area contributed by atoms with Crippen molar-refractivity contribution in [3.05, 3.63) is 28.8 Å². The van der Waals surface area contributed by atoms with Crippen LogP contribution in [0, 0.1) is 12.3 Å². The van der Waals surface area contributed by atoms with E-state index in [9.17, 15) is 9.90 Å². The fraction of sp³-hybridized carbons (Fsp3) is 0.250. The average Bonchev–Trinajstić information content (AvgIpc) is 2.21. The molecule has 0 atom stereocenters. The summed E-state index contributed by atoms with van der Waals surface area (Å²) in [6.45, 7) is 3.37. The molecule has 1 amide bonds. The molecule has 1 aromatic carbocycles. The maximum Gasteiger partial charge on any atom is 0.256 e. The summed E-state index contributed by atoms with van der Waals surface area (Å²) in [5.74, 6) is 1.84. The van der Waals surface area contributed by atoms with Gasteiger partial charge in [0.25, 0.3) is 5.91 Å². The summed E-state index contributed by atoms with van der Waals surface area (Å²) in [5.41, 5.74) is -0.665. The van der Waals surface area contributed by atoms with Crippen LogP contribution in [0.2, 0.25) is 5.02 Å². The first-order chi connectivity index (χ1) is 7.35. The van der Waals surface area contributed by atoms with E-state index in [1.165, 1.54) is 18.2 Å². The molecule has 0 aliphatic heterocycles. The molecule has 0 unspecified atom stereocenters.